The van der Waals surface area contributed by atoms with Crippen molar-refractivity contribution in [2.24, 2.45) is 22.9 Å². The predicted octanol–water partition coefficient (Wildman–Crippen LogP) is -0.656. The maximum absolute atomic E-state index is 13.5. The molecule has 2 aliphatic heterocycles. The smallest absolute Gasteiger partial charge is 0.243 e. The highest BCUT2D eigenvalue weighted by molar-refractivity contribution is 5.94. The number of likely N-dealkylation sites (tertiary alicyclic amines) is 2. The molecule has 0 unspecified atom stereocenters. The monoisotopic (exact) mass is 802 g/mol. The van der Waals surface area contributed by atoms with Crippen LogP contribution in [0.3, 0.4) is 0 Å². The quantitative estimate of drug-likeness (QED) is 0.0551. The molecule has 316 valence electrons. The van der Waals surface area contributed by atoms with Gasteiger partial charge in [0.05, 0.1) is 12.1 Å². The lowest BCUT2D eigenvalue weighted by molar-refractivity contribution is -0.140. The summed E-state index contributed by atoms with van der Waals surface area (Å²) in [5, 5.41) is 11.4. The number of rotatable bonds is 22. The van der Waals surface area contributed by atoms with Crippen molar-refractivity contribution in [3.05, 3.63) is 83.9 Å². The van der Waals surface area contributed by atoms with Crippen LogP contribution < -0.4 is 44.2 Å². The highest BCUT2D eigenvalue weighted by atomic mass is 16.2. The second-order valence-corrected chi connectivity index (χ2v) is 14.9. The summed E-state index contributed by atoms with van der Waals surface area (Å²) in [4.78, 5) is 83.1. The number of carbonyl (C=O) groups excluding carboxylic acids is 6. The number of nitrogens with two attached hydrogens (primary N) is 4. The average Bonchev–Trinajstić information content (AvgIpc) is 3.93. The molecule has 6 atom stereocenters. The van der Waals surface area contributed by atoms with Crippen LogP contribution >= 0.6 is 0 Å². The molecule has 0 spiro atoms. The Morgan fingerprint density at radius 2 is 1.00 bits per heavy atom. The molecule has 2 fully saturated rings. The van der Waals surface area contributed by atoms with Gasteiger partial charge in [0.2, 0.25) is 35.4 Å². The van der Waals surface area contributed by atoms with Crippen molar-refractivity contribution in [3.8, 4) is 0 Å². The lowest BCUT2D eigenvalue weighted by atomic mass is 10.0. The molecule has 2 saturated heterocycles. The highest BCUT2D eigenvalue weighted by Gasteiger charge is 2.39. The molecule has 6 amide bonds. The van der Waals surface area contributed by atoms with E-state index in [4.69, 9.17) is 22.9 Å². The summed E-state index contributed by atoms with van der Waals surface area (Å²) in [6.45, 7) is 2.33. The van der Waals surface area contributed by atoms with Gasteiger partial charge in [0.1, 0.15) is 24.2 Å². The Morgan fingerprint density at radius 3 is 1.36 bits per heavy atom. The number of nitrogens with one attached hydrogen (secondary N) is 4. The highest BCUT2D eigenvalue weighted by Crippen LogP contribution is 2.21. The molecular formula is C42H62N10O6. The predicted molar refractivity (Wildman–Crippen MR) is 221 cm³/mol. The van der Waals surface area contributed by atoms with E-state index < -0.39 is 48.1 Å². The van der Waals surface area contributed by atoms with Crippen molar-refractivity contribution in [2.75, 3.05) is 39.3 Å². The first kappa shape index (κ1) is 45.5. The maximum atomic E-state index is 13.5. The third-order valence-corrected chi connectivity index (χ3v) is 10.4. The summed E-state index contributed by atoms with van der Waals surface area (Å²) in [7, 11) is 0. The molecule has 16 nitrogen and oxygen atoms in total. The molecule has 4 rings (SSSR count). The minimum absolute atomic E-state index is 0.148. The lowest BCUT2D eigenvalue weighted by Crippen LogP contribution is -2.55. The third kappa shape index (κ3) is 13.7. The molecule has 2 heterocycles. The molecular weight excluding hydrogens is 741 g/mol. The van der Waals surface area contributed by atoms with Crippen LogP contribution in [-0.2, 0) is 41.6 Å². The Morgan fingerprint density at radius 1 is 0.621 bits per heavy atom. The lowest BCUT2D eigenvalue weighted by Gasteiger charge is -2.28. The van der Waals surface area contributed by atoms with Crippen LogP contribution in [0.15, 0.2) is 72.8 Å². The van der Waals surface area contributed by atoms with Gasteiger partial charge in [-0.15, -0.1) is 0 Å². The second-order valence-electron chi connectivity index (χ2n) is 14.9. The SMILES string of the molecule is NCCCNC(=O)[C@H](Cc1ccccc1)NC(=O)[C@@H]1CCCN1C(=O)[C@@H](N)C/C=C/C[C@H](N)C(=O)N1CCC[C@H]1C(=O)N[C@@H](Cc1ccccc1)C(=O)NCCCN. The summed E-state index contributed by atoms with van der Waals surface area (Å²) < 4.78 is 0. The van der Waals surface area contributed by atoms with Crippen LogP contribution in [0.2, 0.25) is 0 Å². The normalized spacial score (nSPS) is 18.6. The van der Waals surface area contributed by atoms with E-state index in [-0.39, 0.29) is 49.3 Å². The number of hydrogen-bond acceptors (Lipinski definition) is 10. The summed E-state index contributed by atoms with van der Waals surface area (Å²) in [5.74, 6) is -2.26. The van der Waals surface area contributed by atoms with Gasteiger partial charge < -0.3 is 54.0 Å². The van der Waals surface area contributed by atoms with Gasteiger partial charge in [0.25, 0.3) is 0 Å². The van der Waals surface area contributed by atoms with Gasteiger partial charge in [-0.1, -0.05) is 72.8 Å². The standard InChI is InChI=1S/C42H62N10O6/c43-21-11-23-47-37(53)33(27-29-13-3-1-4-14-29)49-39(55)35-19-9-25-51(35)41(57)31(45)17-7-8-18-32(46)42(58)52-26-10-20-36(52)40(56)50-34(38(54)48-24-12-22-44)28-30-15-5-2-6-16-30/h1-8,13-16,31-36H,9-12,17-28,43-46H2,(H,47,53)(H,48,54)(H,49,55)(H,50,56)/b8-7+/t31-,32-,33-,34-,35-,36-/m0/s1. The molecule has 0 bridgehead atoms. The van der Waals surface area contributed by atoms with Gasteiger partial charge in [0.15, 0.2) is 0 Å². The Hall–Kier alpha value is -5.16. The number of carbonyl (C=O) groups is 6. The van der Waals surface area contributed by atoms with Crippen molar-refractivity contribution < 1.29 is 28.8 Å². The van der Waals surface area contributed by atoms with Crippen LogP contribution in [0.5, 0.6) is 0 Å². The molecule has 12 N–H and O–H groups in total. The maximum Gasteiger partial charge on any atom is 0.243 e. The fourth-order valence-corrected chi connectivity index (χ4v) is 7.25. The second kappa shape index (κ2) is 23.9. The van der Waals surface area contributed by atoms with Crippen LogP contribution in [-0.4, -0.2) is 121 Å². The van der Waals surface area contributed by atoms with Crippen molar-refractivity contribution >= 4 is 35.4 Å². The Labute approximate surface area is 341 Å². The largest absolute Gasteiger partial charge is 0.354 e. The number of nitrogens with zero attached hydrogens (tertiary/aromatic N) is 2. The van der Waals surface area contributed by atoms with E-state index in [9.17, 15) is 28.8 Å². The molecule has 0 saturated carbocycles. The van der Waals surface area contributed by atoms with Gasteiger partial charge in [0, 0.05) is 39.0 Å². The molecule has 2 aliphatic rings. The van der Waals surface area contributed by atoms with E-state index >= 15 is 0 Å². The zero-order valence-electron chi connectivity index (χ0n) is 33.4. The van der Waals surface area contributed by atoms with Crippen LogP contribution in [0.1, 0.15) is 62.5 Å². The number of benzene rings is 2. The Balaban J connectivity index is 1.29. The van der Waals surface area contributed by atoms with E-state index in [0.29, 0.717) is 77.8 Å². The van der Waals surface area contributed by atoms with E-state index in [1.54, 1.807) is 12.2 Å². The molecule has 0 aliphatic carbocycles. The van der Waals surface area contributed by atoms with E-state index in [2.05, 4.69) is 21.3 Å². The zero-order chi connectivity index (χ0) is 41.9. The van der Waals surface area contributed by atoms with Crippen LogP contribution in [0, 0.1) is 0 Å². The van der Waals surface area contributed by atoms with E-state index in [0.717, 1.165) is 11.1 Å². The fourth-order valence-electron chi connectivity index (χ4n) is 7.25. The van der Waals surface area contributed by atoms with Crippen molar-refractivity contribution in [1.29, 1.82) is 0 Å². The van der Waals surface area contributed by atoms with Gasteiger partial charge in [-0.05, 0) is 75.6 Å². The van der Waals surface area contributed by atoms with E-state index in [1.807, 2.05) is 60.7 Å². The minimum Gasteiger partial charge on any atom is -0.354 e. The Bertz CT molecular complexity index is 1560. The average molecular weight is 803 g/mol. The molecule has 16 heteroatoms. The minimum atomic E-state index is -0.945. The Kier molecular flexibility index (Phi) is 18.8. The van der Waals surface area contributed by atoms with Crippen molar-refractivity contribution in [3.63, 3.8) is 0 Å². The summed E-state index contributed by atoms with van der Waals surface area (Å²) in [5.41, 5.74) is 25.5. The van der Waals surface area contributed by atoms with Gasteiger partial charge in [-0.25, -0.2) is 0 Å². The summed E-state index contributed by atoms with van der Waals surface area (Å²) >= 11 is 0. The summed E-state index contributed by atoms with van der Waals surface area (Å²) in [6, 6.07) is 13.6. The topological polar surface area (TPSA) is 261 Å². The molecule has 0 aromatic heterocycles. The fraction of sp³-hybridized carbons (Fsp3) is 0.524. The molecule has 0 radical (unpaired) electrons. The van der Waals surface area contributed by atoms with Crippen molar-refractivity contribution in [1.82, 2.24) is 31.1 Å². The first-order chi connectivity index (χ1) is 28.0. The van der Waals surface area contributed by atoms with Crippen molar-refractivity contribution in [2.45, 2.75) is 100 Å². The molecule has 2 aromatic carbocycles. The van der Waals surface area contributed by atoms with Gasteiger partial charge in [-0.3, -0.25) is 28.8 Å². The first-order valence-corrected chi connectivity index (χ1v) is 20.4. The van der Waals surface area contributed by atoms with Crippen LogP contribution in [0.4, 0.5) is 0 Å². The van der Waals surface area contributed by atoms with Crippen LogP contribution in [0.25, 0.3) is 0 Å². The first-order valence-electron chi connectivity index (χ1n) is 20.4. The molecule has 58 heavy (non-hydrogen) atoms. The molecule has 2 aromatic rings. The van der Waals surface area contributed by atoms with Gasteiger partial charge in [-0.2, -0.15) is 0 Å². The van der Waals surface area contributed by atoms with Gasteiger partial charge >= 0.3 is 0 Å². The van der Waals surface area contributed by atoms with E-state index in [1.165, 1.54) is 9.80 Å². The number of amides is 6. The number of hydrogen-bond donors (Lipinski definition) is 8. The summed E-state index contributed by atoms with van der Waals surface area (Å²) in [6.07, 6.45) is 7.55. The third-order valence-electron chi connectivity index (χ3n) is 10.4. The zero-order valence-corrected chi connectivity index (χ0v) is 33.4.